The Morgan fingerprint density at radius 1 is 1.41 bits per heavy atom. The molecule has 4 N–H and O–H groups in total. The van der Waals surface area contributed by atoms with Crippen LogP contribution in [0.1, 0.15) is 31.9 Å². The Bertz CT molecular complexity index is 421. The summed E-state index contributed by atoms with van der Waals surface area (Å²) in [5, 5.41) is 18.5. The van der Waals surface area contributed by atoms with Crippen molar-refractivity contribution in [1.82, 2.24) is 0 Å². The molecule has 0 aliphatic heterocycles. The van der Waals surface area contributed by atoms with Crippen molar-refractivity contribution in [3.05, 3.63) is 29.3 Å². The summed E-state index contributed by atoms with van der Waals surface area (Å²) < 4.78 is 0. The third-order valence-corrected chi connectivity index (χ3v) is 2.64. The van der Waals surface area contributed by atoms with Crippen LogP contribution in [0.2, 0.25) is 0 Å². The highest BCUT2D eigenvalue weighted by Crippen LogP contribution is 2.31. The van der Waals surface area contributed by atoms with Gasteiger partial charge in [-0.15, -0.1) is 0 Å². The highest BCUT2D eigenvalue weighted by atomic mass is 16.4. The average molecular weight is 237 g/mol. The second-order valence-electron chi connectivity index (χ2n) is 5.25. The lowest BCUT2D eigenvalue weighted by molar-refractivity contribution is -0.138. The van der Waals surface area contributed by atoms with E-state index in [9.17, 15) is 9.90 Å². The SMILES string of the molecule is CC(C)(C)c1cc(C[C@@H](N)C(=O)O)ccc1O. The van der Waals surface area contributed by atoms with Crippen LogP contribution in [0.3, 0.4) is 0 Å². The maximum atomic E-state index is 10.7. The van der Waals surface area contributed by atoms with Gasteiger partial charge in [0.05, 0.1) is 0 Å². The van der Waals surface area contributed by atoms with Crippen molar-refractivity contribution in [1.29, 1.82) is 0 Å². The van der Waals surface area contributed by atoms with E-state index in [1.54, 1.807) is 12.1 Å². The number of benzene rings is 1. The van der Waals surface area contributed by atoms with Crippen molar-refractivity contribution in [3.63, 3.8) is 0 Å². The molecule has 0 aliphatic rings. The number of carboxylic acid groups (broad SMARTS) is 1. The Labute approximate surface area is 101 Å². The number of nitrogens with two attached hydrogens (primary N) is 1. The van der Waals surface area contributed by atoms with Crippen molar-refractivity contribution < 1.29 is 15.0 Å². The lowest BCUT2D eigenvalue weighted by atomic mass is 9.85. The zero-order chi connectivity index (χ0) is 13.2. The van der Waals surface area contributed by atoms with Gasteiger partial charge in [-0.25, -0.2) is 0 Å². The summed E-state index contributed by atoms with van der Waals surface area (Å²) in [6.45, 7) is 5.97. The van der Waals surface area contributed by atoms with Crippen LogP contribution in [0.15, 0.2) is 18.2 Å². The molecule has 1 aromatic rings. The molecular weight excluding hydrogens is 218 g/mol. The third-order valence-electron chi connectivity index (χ3n) is 2.64. The smallest absolute Gasteiger partial charge is 0.320 e. The summed E-state index contributed by atoms with van der Waals surface area (Å²) in [7, 11) is 0. The van der Waals surface area contributed by atoms with Gasteiger partial charge in [0.1, 0.15) is 11.8 Å². The first-order chi connectivity index (χ1) is 7.71. The van der Waals surface area contributed by atoms with Gasteiger partial charge in [-0.2, -0.15) is 0 Å². The Morgan fingerprint density at radius 3 is 2.47 bits per heavy atom. The molecule has 17 heavy (non-hydrogen) atoms. The van der Waals surface area contributed by atoms with Gasteiger partial charge in [-0.1, -0.05) is 32.9 Å². The van der Waals surface area contributed by atoms with E-state index in [2.05, 4.69) is 0 Å². The first-order valence-corrected chi connectivity index (χ1v) is 5.52. The minimum atomic E-state index is -1.02. The van der Waals surface area contributed by atoms with Crippen LogP contribution in [0.5, 0.6) is 5.75 Å². The number of carbonyl (C=O) groups is 1. The van der Waals surface area contributed by atoms with Gasteiger partial charge in [0, 0.05) is 0 Å². The minimum Gasteiger partial charge on any atom is -0.508 e. The average Bonchev–Trinajstić information content (AvgIpc) is 2.19. The number of phenolic OH excluding ortho intramolecular Hbond substituents is 1. The van der Waals surface area contributed by atoms with Crippen molar-refractivity contribution in [3.8, 4) is 5.75 Å². The lowest BCUT2D eigenvalue weighted by Gasteiger charge is -2.21. The number of aliphatic carboxylic acids is 1. The van der Waals surface area contributed by atoms with Crippen LogP contribution in [-0.4, -0.2) is 22.2 Å². The molecule has 0 spiro atoms. The Kier molecular flexibility index (Phi) is 3.78. The van der Waals surface area contributed by atoms with Crippen molar-refractivity contribution in [2.24, 2.45) is 5.73 Å². The van der Waals surface area contributed by atoms with Crippen molar-refractivity contribution in [2.75, 3.05) is 0 Å². The molecule has 94 valence electrons. The van der Waals surface area contributed by atoms with Crippen LogP contribution >= 0.6 is 0 Å². The molecular formula is C13H19NO3. The summed E-state index contributed by atoms with van der Waals surface area (Å²) in [5.41, 5.74) is 6.92. The van der Waals surface area contributed by atoms with Crippen molar-refractivity contribution in [2.45, 2.75) is 38.6 Å². The molecule has 4 nitrogen and oxygen atoms in total. The number of hydrogen-bond donors (Lipinski definition) is 3. The van der Waals surface area contributed by atoms with E-state index >= 15 is 0 Å². The van der Waals surface area contributed by atoms with E-state index in [1.807, 2.05) is 26.8 Å². The molecule has 0 amide bonds. The fourth-order valence-corrected chi connectivity index (χ4v) is 1.65. The number of hydrogen-bond acceptors (Lipinski definition) is 3. The molecule has 0 aliphatic carbocycles. The summed E-state index contributed by atoms with van der Waals surface area (Å²) in [5.74, 6) is -0.791. The molecule has 4 heteroatoms. The maximum Gasteiger partial charge on any atom is 0.320 e. The van der Waals surface area contributed by atoms with Crippen LogP contribution in [0, 0.1) is 0 Å². The van der Waals surface area contributed by atoms with E-state index in [0.29, 0.717) is 0 Å². The zero-order valence-corrected chi connectivity index (χ0v) is 10.4. The van der Waals surface area contributed by atoms with Gasteiger partial charge < -0.3 is 15.9 Å². The highest BCUT2D eigenvalue weighted by molar-refractivity contribution is 5.73. The van der Waals surface area contributed by atoms with Crippen molar-refractivity contribution >= 4 is 5.97 Å². The van der Waals surface area contributed by atoms with E-state index in [1.165, 1.54) is 0 Å². The Morgan fingerprint density at radius 2 is 2.00 bits per heavy atom. The second-order valence-corrected chi connectivity index (χ2v) is 5.25. The van der Waals surface area contributed by atoms with Gasteiger partial charge in [0.2, 0.25) is 0 Å². The van der Waals surface area contributed by atoms with Gasteiger partial charge in [-0.05, 0) is 29.0 Å². The topological polar surface area (TPSA) is 83.6 Å². The number of carboxylic acids is 1. The van der Waals surface area contributed by atoms with Gasteiger partial charge in [-0.3, -0.25) is 4.79 Å². The van der Waals surface area contributed by atoms with E-state index in [4.69, 9.17) is 10.8 Å². The maximum absolute atomic E-state index is 10.7. The summed E-state index contributed by atoms with van der Waals surface area (Å²) in [6.07, 6.45) is 0.263. The fourth-order valence-electron chi connectivity index (χ4n) is 1.65. The largest absolute Gasteiger partial charge is 0.508 e. The normalized spacial score (nSPS) is 13.4. The quantitative estimate of drug-likeness (QED) is 0.746. The molecule has 0 aromatic heterocycles. The monoisotopic (exact) mass is 237 g/mol. The molecule has 0 radical (unpaired) electrons. The molecule has 1 atom stereocenters. The first-order valence-electron chi connectivity index (χ1n) is 5.52. The predicted molar refractivity (Wildman–Crippen MR) is 66.1 cm³/mol. The molecule has 0 saturated carbocycles. The van der Waals surface area contributed by atoms with Crippen LogP contribution in [0.25, 0.3) is 0 Å². The zero-order valence-electron chi connectivity index (χ0n) is 10.4. The third kappa shape index (κ3) is 3.46. The van der Waals surface area contributed by atoms with Gasteiger partial charge in [0.25, 0.3) is 0 Å². The summed E-state index contributed by atoms with van der Waals surface area (Å²) in [6, 6.07) is 4.20. The molecule has 1 aromatic carbocycles. The molecule has 0 bridgehead atoms. The molecule has 0 saturated heterocycles. The fraction of sp³-hybridized carbons (Fsp3) is 0.462. The van der Waals surface area contributed by atoms with Crippen LogP contribution in [0.4, 0.5) is 0 Å². The second kappa shape index (κ2) is 4.75. The molecule has 1 rings (SSSR count). The number of aromatic hydroxyl groups is 1. The van der Waals surface area contributed by atoms with Gasteiger partial charge >= 0.3 is 5.97 Å². The Balaban J connectivity index is 3.01. The summed E-state index contributed by atoms with van der Waals surface area (Å²) in [4.78, 5) is 10.7. The molecule has 0 fully saturated rings. The van der Waals surface area contributed by atoms with E-state index < -0.39 is 12.0 Å². The van der Waals surface area contributed by atoms with Crippen LogP contribution in [-0.2, 0) is 16.6 Å². The van der Waals surface area contributed by atoms with E-state index in [0.717, 1.165) is 11.1 Å². The highest BCUT2D eigenvalue weighted by Gasteiger charge is 2.19. The predicted octanol–water partition coefficient (Wildman–Crippen LogP) is 1.64. The van der Waals surface area contributed by atoms with Crippen LogP contribution < -0.4 is 5.73 Å². The van der Waals surface area contributed by atoms with Gasteiger partial charge in [0.15, 0.2) is 0 Å². The standard InChI is InChI=1S/C13H19NO3/c1-13(2,3)9-6-8(4-5-11(9)15)7-10(14)12(16)17/h4-6,10,15H,7,14H2,1-3H3,(H,16,17)/t10-/m1/s1. The lowest BCUT2D eigenvalue weighted by Crippen LogP contribution is -2.32. The minimum absolute atomic E-state index is 0.187. The molecule has 0 heterocycles. The number of phenols is 1. The number of rotatable bonds is 3. The summed E-state index contributed by atoms with van der Waals surface area (Å²) >= 11 is 0. The molecule has 0 unspecified atom stereocenters. The Hall–Kier alpha value is -1.55. The first kappa shape index (κ1) is 13.5. The van der Waals surface area contributed by atoms with E-state index in [-0.39, 0.29) is 17.6 Å².